The van der Waals surface area contributed by atoms with Gasteiger partial charge in [0.05, 0.1) is 17.7 Å². The van der Waals surface area contributed by atoms with Crippen molar-refractivity contribution in [3.8, 4) is 6.07 Å². The molecule has 0 saturated carbocycles. The molecule has 0 saturated heterocycles. The van der Waals surface area contributed by atoms with E-state index in [9.17, 15) is 10.1 Å². The van der Waals surface area contributed by atoms with Crippen molar-refractivity contribution in [2.24, 2.45) is 5.41 Å². The predicted octanol–water partition coefficient (Wildman–Crippen LogP) is 2.95. The van der Waals surface area contributed by atoms with Gasteiger partial charge in [0.15, 0.2) is 0 Å². The summed E-state index contributed by atoms with van der Waals surface area (Å²) in [5, 5.41) is 12.4. The lowest BCUT2D eigenvalue weighted by molar-refractivity contribution is -0.125. The van der Waals surface area contributed by atoms with Crippen molar-refractivity contribution in [1.29, 1.82) is 5.26 Å². The maximum atomic E-state index is 12.7. The van der Waals surface area contributed by atoms with E-state index < -0.39 is 5.54 Å². The first-order valence-corrected chi connectivity index (χ1v) is 7.45. The maximum absolute atomic E-state index is 12.7. The fourth-order valence-electron chi connectivity index (χ4n) is 2.58. The van der Waals surface area contributed by atoms with E-state index in [1.54, 1.807) is 13.1 Å². The van der Waals surface area contributed by atoms with E-state index in [2.05, 4.69) is 16.4 Å². The molecule has 0 bridgehead atoms. The molecule has 0 radical (unpaired) electrons. The number of pyridine rings is 1. The van der Waals surface area contributed by atoms with Gasteiger partial charge in [-0.15, -0.1) is 0 Å². The molecule has 4 heteroatoms. The van der Waals surface area contributed by atoms with Crippen LogP contribution < -0.4 is 5.32 Å². The molecule has 1 N–H and O–H groups in total. The summed E-state index contributed by atoms with van der Waals surface area (Å²) >= 11 is 0. The Labute approximate surface area is 126 Å². The third kappa shape index (κ3) is 2.92. The highest BCUT2D eigenvalue weighted by atomic mass is 16.2. The van der Waals surface area contributed by atoms with Crippen LogP contribution >= 0.6 is 0 Å². The summed E-state index contributed by atoms with van der Waals surface area (Å²) in [6, 6.07) is 6.21. The minimum Gasteiger partial charge on any atom is -0.337 e. The minimum atomic E-state index is -0.892. The zero-order chi connectivity index (χ0) is 15.7. The molecule has 0 fully saturated rings. The van der Waals surface area contributed by atoms with Crippen LogP contribution in [-0.2, 0) is 11.2 Å². The fourth-order valence-corrected chi connectivity index (χ4v) is 2.58. The van der Waals surface area contributed by atoms with Crippen LogP contribution in [-0.4, -0.2) is 16.4 Å². The minimum absolute atomic E-state index is 0.0892. The first-order valence-electron chi connectivity index (χ1n) is 7.45. The normalized spacial score (nSPS) is 20.8. The Hall–Kier alpha value is -1.89. The van der Waals surface area contributed by atoms with E-state index in [0.717, 1.165) is 30.5 Å². The van der Waals surface area contributed by atoms with Gasteiger partial charge in [-0.25, -0.2) is 0 Å². The smallest absolute Gasteiger partial charge is 0.230 e. The van der Waals surface area contributed by atoms with Gasteiger partial charge in [0.2, 0.25) is 5.91 Å². The summed E-state index contributed by atoms with van der Waals surface area (Å²) in [5.74, 6) is -0.335. The molecule has 1 aliphatic rings. The van der Waals surface area contributed by atoms with Crippen molar-refractivity contribution in [2.45, 2.75) is 58.4 Å². The molecule has 0 aliphatic heterocycles. The van der Waals surface area contributed by atoms with Crippen molar-refractivity contribution < 1.29 is 4.79 Å². The van der Waals surface area contributed by atoms with Gasteiger partial charge in [-0.05, 0) is 43.2 Å². The Balaban J connectivity index is 2.25. The SMILES string of the molecule is CC(C)(C)[C@@](C)(C#N)NC(=O)[C@@H]1CCCc2cccnc21. The van der Waals surface area contributed by atoms with Gasteiger partial charge in [0.25, 0.3) is 0 Å². The van der Waals surface area contributed by atoms with Crippen molar-refractivity contribution in [1.82, 2.24) is 10.3 Å². The molecular formula is C17H23N3O. The monoisotopic (exact) mass is 285 g/mol. The average molecular weight is 285 g/mol. The summed E-state index contributed by atoms with van der Waals surface area (Å²) in [7, 11) is 0. The number of hydrogen-bond donors (Lipinski definition) is 1. The molecule has 1 heterocycles. The third-order valence-corrected chi connectivity index (χ3v) is 4.61. The van der Waals surface area contributed by atoms with E-state index >= 15 is 0 Å². The molecule has 1 aliphatic carbocycles. The van der Waals surface area contributed by atoms with Crippen LogP contribution in [0.3, 0.4) is 0 Å². The molecule has 2 atom stereocenters. The Kier molecular flexibility index (Phi) is 4.04. The molecular weight excluding hydrogens is 262 g/mol. The number of carbonyl (C=O) groups excluding carboxylic acids is 1. The van der Waals surface area contributed by atoms with Crippen molar-refractivity contribution in [2.75, 3.05) is 0 Å². The highest BCUT2D eigenvalue weighted by Gasteiger charge is 2.41. The molecule has 112 valence electrons. The lowest BCUT2D eigenvalue weighted by Gasteiger charge is -2.38. The molecule has 0 aromatic carbocycles. The van der Waals surface area contributed by atoms with Crippen LogP contribution in [0, 0.1) is 16.7 Å². The van der Waals surface area contributed by atoms with Crippen LogP contribution in [0.5, 0.6) is 0 Å². The summed E-state index contributed by atoms with van der Waals surface area (Å²) < 4.78 is 0. The molecule has 21 heavy (non-hydrogen) atoms. The van der Waals surface area contributed by atoms with E-state index in [-0.39, 0.29) is 17.2 Å². The zero-order valence-corrected chi connectivity index (χ0v) is 13.2. The Morgan fingerprint density at radius 3 is 2.76 bits per heavy atom. The summed E-state index contributed by atoms with van der Waals surface area (Å²) in [6.45, 7) is 7.67. The van der Waals surface area contributed by atoms with E-state index in [1.807, 2.05) is 32.9 Å². The van der Waals surface area contributed by atoms with Crippen LogP contribution in [0.2, 0.25) is 0 Å². The van der Waals surface area contributed by atoms with Gasteiger partial charge in [0, 0.05) is 6.20 Å². The third-order valence-electron chi connectivity index (χ3n) is 4.61. The number of nitrogens with zero attached hydrogens (tertiary/aromatic N) is 2. The largest absolute Gasteiger partial charge is 0.337 e. The number of rotatable bonds is 2. The van der Waals surface area contributed by atoms with Crippen LogP contribution in [0.4, 0.5) is 0 Å². The zero-order valence-electron chi connectivity index (χ0n) is 13.2. The van der Waals surface area contributed by atoms with E-state index in [1.165, 1.54) is 0 Å². The topological polar surface area (TPSA) is 65.8 Å². The van der Waals surface area contributed by atoms with Gasteiger partial charge in [-0.2, -0.15) is 5.26 Å². The van der Waals surface area contributed by atoms with E-state index in [4.69, 9.17) is 0 Å². The number of nitrogens with one attached hydrogen (secondary N) is 1. The summed E-state index contributed by atoms with van der Waals surface area (Å²) in [5.41, 5.74) is 0.795. The van der Waals surface area contributed by atoms with Gasteiger partial charge in [-0.3, -0.25) is 9.78 Å². The van der Waals surface area contributed by atoms with Crippen molar-refractivity contribution in [3.05, 3.63) is 29.6 Å². The average Bonchev–Trinajstić information content (AvgIpc) is 2.45. The molecule has 0 unspecified atom stereocenters. The Morgan fingerprint density at radius 1 is 1.43 bits per heavy atom. The first kappa shape index (κ1) is 15.5. The van der Waals surface area contributed by atoms with Crippen LogP contribution in [0.1, 0.15) is 57.7 Å². The summed E-state index contributed by atoms with van der Waals surface area (Å²) in [4.78, 5) is 17.1. The number of carbonyl (C=O) groups is 1. The molecule has 0 spiro atoms. The Bertz CT molecular complexity index is 582. The van der Waals surface area contributed by atoms with Crippen LogP contribution in [0.15, 0.2) is 18.3 Å². The van der Waals surface area contributed by atoms with Crippen molar-refractivity contribution in [3.63, 3.8) is 0 Å². The van der Waals surface area contributed by atoms with Gasteiger partial charge < -0.3 is 5.32 Å². The number of hydrogen-bond acceptors (Lipinski definition) is 3. The van der Waals surface area contributed by atoms with Crippen LogP contribution in [0.25, 0.3) is 0 Å². The second-order valence-electron chi connectivity index (χ2n) is 6.97. The van der Waals surface area contributed by atoms with E-state index in [0.29, 0.717) is 0 Å². The molecule has 4 nitrogen and oxygen atoms in total. The van der Waals surface area contributed by atoms with Gasteiger partial charge in [0.1, 0.15) is 5.54 Å². The molecule has 1 amide bonds. The number of aromatic nitrogens is 1. The van der Waals surface area contributed by atoms with Gasteiger partial charge in [-0.1, -0.05) is 26.8 Å². The molecule has 2 rings (SSSR count). The number of fused-ring (bicyclic) bond motifs is 1. The fraction of sp³-hybridized carbons (Fsp3) is 0.588. The molecule has 1 aromatic rings. The highest BCUT2D eigenvalue weighted by Crippen LogP contribution is 2.33. The predicted molar refractivity (Wildman–Crippen MR) is 81.5 cm³/mol. The maximum Gasteiger partial charge on any atom is 0.230 e. The summed E-state index contributed by atoms with van der Waals surface area (Å²) in [6.07, 6.45) is 4.48. The highest BCUT2D eigenvalue weighted by molar-refractivity contribution is 5.85. The quantitative estimate of drug-likeness (QED) is 0.908. The molecule has 1 aromatic heterocycles. The van der Waals surface area contributed by atoms with Gasteiger partial charge >= 0.3 is 0 Å². The lowest BCUT2D eigenvalue weighted by atomic mass is 9.75. The number of aryl methyl sites for hydroxylation is 1. The second kappa shape index (κ2) is 5.48. The van der Waals surface area contributed by atoms with Crippen molar-refractivity contribution >= 4 is 5.91 Å². The number of amides is 1. The standard InChI is InChI=1S/C17H23N3O/c1-16(2,3)17(4,11-18)20-15(21)13-9-5-7-12-8-6-10-19-14(12)13/h6,8,10,13H,5,7,9H2,1-4H3,(H,20,21)/t13-,17-/m1/s1. The first-order chi connectivity index (χ1) is 9.78. The lowest BCUT2D eigenvalue weighted by Crippen LogP contribution is -2.55. The second-order valence-corrected chi connectivity index (χ2v) is 6.97. The number of nitriles is 1. The Morgan fingerprint density at radius 2 is 2.14 bits per heavy atom.